The number of aromatic nitrogens is 1. The highest BCUT2D eigenvalue weighted by molar-refractivity contribution is 9.10. The molecule has 5 heteroatoms. The van der Waals surface area contributed by atoms with Gasteiger partial charge in [-0.15, -0.1) is 0 Å². The Kier molecular flexibility index (Phi) is 5.81. The molecule has 112 valence electrons. The summed E-state index contributed by atoms with van der Waals surface area (Å²) in [6.07, 6.45) is 1.84. The first-order chi connectivity index (χ1) is 9.56. The Balaban J connectivity index is 1.90. The second kappa shape index (κ2) is 7.38. The van der Waals surface area contributed by atoms with Crippen molar-refractivity contribution >= 4 is 21.7 Å². The van der Waals surface area contributed by atoms with Crippen LogP contribution < -0.4 is 5.32 Å². The molecule has 1 saturated heterocycles. The SMILES string of the molecule is CC(C)C(CNc1ccc(Br)cn1)N1CCN(C)CC1. The first-order valence-electron chi connectivity index (χ1n) is 7.34. The maximum Gasteiger partial charge on any atom is 0.126 e. The molecule has 0 saturated carbocycles. The zero-order valence-electron chi connectivity index (χ0n) is 12.6. The van der Waals surface area contributed by atoms with E-state index in [9.17, 15) is 0 Å². The molecular weight excluding hydrogens is 316 g/mol. The summed E-state index contributed by atoms with van der Waals surface area (Å²) < 4.78 is 1.02. The van der Waals surface area contributed by atoms with Gasteiger partial charge in [0.15, 0.2) is 0 Å². The molecule has 1 aromatic rings. The molecule has 1 aromatic heterocycles. The Hall–Kier alpha value is -0.650. The summed E-state index contributed by atoms with van der Waals surface area (Å²) >= 11 is 3.41. The molecule has 2 heterocycles. The largest absolute Gasteiger partial charge is 0.368 e. The zero-order valence-corrected chi connectivity index (χ0v) is 14.2. The normalized spacial score (nSPS) is 19.2. The van der Waals surface area contributed by atoms with Gasteiger partial charge >= 0.3 is 0 Å². The molecule has 0 bridgehead atoms. The molecule has 0 aromatic carbocycles. The van der Waals surface area contributed by atoms with Gasteiger partial charge < -0.3 is 10.2 Å². The fourth-order valence-corrected chi connectivity index (χ4v) is 2.86. The minimum atomic E-state index is 0.564. The van der Waals surface area contributed by atoms with Crippen molar-refractivity contribution in [2.75, 3.05) is 45.1 Å². The first-order valence-corrected chi connectivity index (χ1v) is 8.13. The van der Waals surface area contributed by atoms with Crippen LogP contribution in [0.25, 0.3) is 0 Å². The van der Waals surface area contributed by atoms with E-state index in [0.29, 0.717) is 12.0 Å². The van der Waals surface area contributed by atoms with Crippen LogP contribution in [0.1, 0.15) is 13.8 Å². The smallest absolute Gasteiger partial charge is 0.126 e. The van der Waals surface area contributed by atoms with E-state index in [-0.39, 0.29) is 0 Å². The van der Waals surface area contributed by atoms with Crippen LogP contribution in [0, 0.1) is 5.92 Å². The summed E-state index contributed by atoms with van der Waals surface area (Å²) in [7, 11) is 2.20. The average Bonchev–Trinajstić information content (AvgIpc) is 2.43. The van der Waals surface area contributed by atoms with Gasteiger partial charge in [-0.05, 0) is 41.0 Å². The minimum Gasteiger partial charge on any atom is -0.368 e. The lowest BCUT2D eigenvalue weighted by molar-refractivity contribution is 0.0944. The van der Waals surface area contributed by atoms with Crippen LogP contribution in [0.15, 0.2) is 22.8 Å². The number of hydrogen-bond donors (Lipinski definition) is 1. The van der Waals surface area contributed by atoms with E-state index in [1.165, 1.54) is 13.1 Å². The molecule has 1 unspecified atom stereocenters. The van der Waals surface area contributed by atoms with Crippen LogP contribution in [0.2, 0.25) is 0 Å². The van der Waals surface area contributed by atoms with E-state index in [4.69, 9.17) is 0 Å². The van der Waals surface area contributed by atoms with Crippen molar-refractivity contribution in [3.63, 3.8) is 0 Å². The van der Waals surface area contributed by atoms with Crippen LogP contribution in [-0.4, -0.2) is 60.6 Å². The molecule has 1 aliphatic heterocycles. The summed E-state index contributed by atoms with van der Waals surface area (Å²) in [6, 6.07) is 4.61. The number of pyridine rings is 1. The number of nitrogens with zero attached hydrogens (tertiary/aromatic N) is 3. The second-order valence-electron chi connectivity index (χ2n) is 5.89. The summed E-state index contributed by atoms with van der Waals surface area (Å²) in [4.78, 5) is 9.39. The van der Waals surface area contributed by atoms with E-state index in [1.807, 2.05) is 18.3 Å². The van der Waals surface area contributed by atoms with E-state index >= 15 is 0 Å². The highest BCUT2D eigenvalue weighted by Crippen LogP contribution is 2.15. The molecule has 1 atom stereocenters. The Morgan fingerprint density at radius 3 is 2.50 bits per heavy atom. The standard InChI is InChI=1S/C15H25BrN4/c1-12(2)14(20-8-6-19(3)7-9-20)11-18-15-5-4-13(16)10-17-15/h4-5,10,12,14H,6-9,11H2,1-3H3,(H,17,18). The van der Waals surface area contributed by atoms with Gasteiger partial charge in [0.25, 0.3) is 0 Å². The van der Waals surface area contributed by atoms with E-state index in [0.717, 1.165) is 29.9 Å². The van der Waals surface area contributed by atoms with Gasteiger partial charge in [0.2, 0.25) is 0 Å². The maximum absolute atomic E-state index is 4.38. The van der Waals surface area contributed by atoms with Crippen molar-refractivity contribution in [1.82, 2.24) is 14.8 Å². The number of anilines is 1. The number of rotatable bonds is 5. The molecule has 20 heavy (non-hydrogen) atoms. The van der Waals surface area contributed by atoms with Gasteiger partial charge in [-0.25, -0.2) is 4.98 Å². The third-order valence-corrected chi connectivity index (χ3v) is 4.47. The predicted octanol–water partition coefficient (Wildman–Crippen LogP) is 2.53. The Morgan fingerprint density at radius 2 is 1.95 bits per heavy atom. The first kappa shape index (κ1) is 15.7. The molecule has 2 rings (SSSR count). The van der Waals surface area contributed by atoms with Crippen molar-refractivity contribution in [2.24, 2.45) is 5.92 Å². The van der Waals surface area contributed by atoms with Gasteiger partial charge in [0.05, 0.1) is 0 Å². The van der Waals surface area contributed by atoms with Gasteiger partial charge in [-0.2, -0.15) is 0 Å². The summed E-state index contributed by atoms with van der Waals surface area (Å²) in [5.41, 5.74) is 0. The Bertz CT molecular complexity index is 399. The highest BCUT2D eigenvalue weighted by atomic mass is 79.9. The van der Waals surface area contributed by atoms with Gasteiger partial charge in [0.1, 0.15) is 5.82 Å². The van der Waals surface area contributed by atoms with Gasteiger partial charge in [-0.1, -0.05) is 13.8 Å². The average molecular weight is 341 g/mol. The van der Waals surface area contributed by atoms with Crippen LogP contribution >= 0.6 is 15.9 Å². The van der Waals surface area contributed by atoms with E-state index in [1.54, 1.807) is 0 Å². The van der Waals surface area contributed by atoms with Crippen LogP contribution in [0.4, 0.5) is 5.82 Å². The number of likely N-dealkylation sites (N-methyl/N-ethyl adjacent to an activating group) is 1. The fraction of sp³-hybridized carbons (Fsp3) is 0.667. The van der Waals surface area contributed by atoms with Crippen LogP contribution in [0.3, 0.4) is 0 Å². The van der Waals surface area contributed by atoms with Crippen molar-refractivity contribution in [1.29, 1.82) is 0 Å². The molecule has 1 aliphatic rings. The molecule has 0 aliphatic carbocycles. The lowest BCUT2D eigenvalue weighted by atomic mass is 10.0. The van der Waals surface area contributed by atoms with Crippen LogP contribution in [0.5, 0.6) is 0 Å². The quantitative estimate of drug-likeness (QED) is 0.892. The number of hydrogen-bond acceptors (Lipinski definition) is 4. The molecule has 4 nitrogen and oxygen atoms in total. The van der Waals surface area contributed by atoms with Crippen molar-refractivity contribution < 1.29 is 0 Å². The Morgan fingerprint density at radius 1 is 1.25 bits per heavy atom. The highest BCUT2D eigenvalue weighted by Gasteiger charge is 2.24. The number of piperazine rings is 1. The lowest BCUT2D eigenvalue weighted by Crippen LogP contribution is -2.52. The van der Waals surface area contributed by atoms with E-state index < -0.39 is 0 Å². The third kappa shape index (κ3) is 4.43. The fourth-order valence-electron chi connectivity index (χ4n) is 2.63. The van der Waals surface area contributed by atoms with E-state index in [2.05, 4.69) is 56.9 Å². The molecular formula is C15H25BrN4. The van der Waals surface area contributed by atoms with Gasteiger partial charge in [0, 0.05) is 49.4 Å². The molecule has 1 fully saturated rings. The van der Waals surface area contributed by atoms with Crippen LogP contribution in [-0.2, 0) is 0 Å². The topological polar surface area (TPSA) is 31.4 Å². The molecule has 0 spiro atoms. The minimum absolute atomic E-state index is 0.564. The third-order valence-electron chi connectivity index (χ3n) is 4.00. The second-order valence-corrected chi connectivity index (χ2v) is 6.81. The maximum atomic E-state index is 4.38. The summed E-state index contributed by atoms with van der Waals surface area (Å²) in [5, 5.41) is 3.47. The molecule has 1 N–H and O–H groups in total. The summed E-state index contributed by atoms with van der Waals surface area (Å²) in [6.45, 7) is 10.2. The predicted molar refractivity (Wildman–Crippen MR) is 88.1 cm³/mol. The van der Waals surface area contributed by atoms with Crippen molar-refractivity contribution in [2.45, 2.75) is 19.9 Å². The van der Waals surface area contributed by atoms with Crippen molar-refractivity contribution in [3.8, 4) is 0 Å². The number of nitrogens with one attached hydrogen (secondary N) is 1. The zero-order chi connectivity index (χ0) is 14.5. The van der Waals surface area contributed by atoms with Crippen molar-refractivity contribution in [3.05, 3.63) is 22.8 Å². The lowest BCUT2D eigenvalue weighted by Gasteiger charge is -2.40. The monoisotopic (exact) mass is 340 g/mol. The summed E-state index contributed by atoms with van der Waals surface area (Å²) in [5.74, 6) is 1.59. The number of halogens is 1. The Labute approximate surface area is 130 Å². The van der Waals surface area contributed by atoms with Gasteiger partial charge in [-0.3, -0.25) is 4.90 Å². The molecule has 0 radical (unpaired) electrons. The molecule has 0 amide bonds.